The summed E-state index contributed by atoms with van der Waals surface area (Å²) >= 11 is 0. The molecule has 0 spiro atoms. The van der Waals surface area contributed by atoms with Crippen LogP contribution in [0, 0.1) is 11.8 Å². The zero-order valence-corrected chi connectivity index (χ0v) is 10.3. The number of carboxylic acid groups (broad SMARTS) is 1. The van der Waals surface area contributed by atoms with E-state index in [1.807, 2.05) is 0 Å². The van der Waals surface area contributed by atoms with Crippen molar-refractivity contribution in [3.8, 4) is 0 Å². The molecular weight excluding hydrogens is 218 g/mol. The van der Waals surface area contributed by atoms with Gasteiger partial charge in [0.05, 0.1) is 11.5 Å². The summed E-state index contributed by atoms with van der Waals surface area (Å²) in [6.45, 7) is 1.60. The summed E-state index contributed by atoms with van der Waals surface area (Å²) in [6, 6.07) is 0. The molecule has 0 aliphatic heterocycles. The Balaban J connectivity index is 1.63. The first-order valence-electron chi connectivity index (χ1n) is 6.75. The van der Waals surface area contributed by atoms with Crippen LogP contribution in [0.2, 0.25) is 0 Å². The standard InChI is InChI=1S/C13H23NO3/c15-12(16)11-3-6-13(17,7-4-11)9-14-8-5-10-1-2-10/h10-11,14,17H,1-9H2,(H,15,16). The quantitative estimate of drug-likeness (QED) is 0.614. The lowest BCUT2D eigenvalue weighted by Gasteiger charge is -2.34. The van der Waals surface area contributed by atoms with Crippen LogP contribution in [0.5, 0.6) is 0 Å². The van der Waals surface area contributed by atoms with E-state index in [4.69, 9.17) is 5.11 Å². The first kappa shape index (κ1) is 12.8. The molecule has 2 rings (SSSR count). The number of carboxylic acids is 1. The highest BCUT2D eigenvalue weighted by molar-refractivity contribution is 5.70. The number of hydrogen-bond donors (Lipinski definition) is 3. The molecule has 0 atom stereocenters. The maximum Gasteiger partial charge on any atom is 0.306 e. The summed E-state index contributed by atoms with van der Waals surface area (Å²) in [4.78, 5) is 10.8. The molecule has 0 radical (unpaired) electrons. The van der Waals surface area contributed by atoms with Gasteiger partial charge >= 0.3 is 5.97 Å². The van der Waals surface area contributed by atoms with Crippen LogP contribution < -0.4 is 5.32 Å². The molecule has 0 saturated heterocycles. The molecule has 2 aliphatic carbocycles. The Morgan fingerprint density at radius 1 is 1.24 bits per heavy atom. The molecule has 2 saturated carbocycles. The van der Waals surface area contributed by atoms with Gasteiger partial charge in [0.2, 0.25) is 0 Å². The molecule has 98 valence electrons. The van der Waals surface area contributed by atoms with E-state index in [0.29, 0.717) is 32.2 Å². The molecule has 0 aromatic carbocycles. The van der Waals surface area contributed by atoms with E-state index in [1.54, 1.807) is 0 Å². The zero-order chi connectivity index (χ0) is 12.3. The third kappa shape index (κ3) is 3.96. The number of nitrogens with one attached hydrogen (secondary N) is 1. The van der Waals surface area contributed by atoms with Crippen LogP contribution in [0.15, 0.2) is 0 Å². The second kappa shape index (κ2) is 5.36. The third-order valence-corrected chi connectivity index (χ3v) is 4.15. The van der Waals surface area contributed by atoms with Crippen LogP contribution in [0.4, 0.5) is 0 Å². The van der Waals surface area contributed by atoms with Crippen LogP contribution in [0.3, 0.4) is 0 Å². The summed E-state index contributed by atoms with van der Waals surface area (Å²) in [5.74, 6) is -0.0460. The summed E-state index contributed by atoms with van der Waals surface area (Å²) in [6.07, 6.45) is 6.39. The summed E-state index contributed by atoms with van der Waals surface area (Å²) < 4.78 is 0. The molecule has 3 N–H and O–H groups in total. The minimum atomic E-state index is -0.714. The van der Waals surface area contributed by atoms with Gasteiger partial charge in [0.25, 0.3) is 0 Å². The Labute approximate surface area is 102 Å². The van der Waals surface area contributed by atoms with E-state index in [-0.39, 0.29) is 5.92 Å². The number of rotatable bonds is 6. The topological polar surface area (TPSA) is 69.6 Å². The van der Waals surface area contributed by atoms with Crippen LogP contribution >= 0.6 is 0 Å². The molecule has 4 heteroatoms. The predicted molar refractivity (Wildman–Crippen MR) is 64.8 cm³/mol. The predicted octanol–water partition coefficient (Wildman–Crippen LogP) is 1.38. The SMILES string of the molecule is O=C(O)C1CCC(O)(CNCCC2CC2)CC1. The Morgan fingerprint density at radius 2 is 1.88 bits per heavy atom. The highest BCUT2D eigenvalue weighted by atomic mass is 16.4. The summed E-state index contributed by atoms with van der Waals surface area (Å²) in [7, 11) is 0. The van der Waals surface area contributed by atoms with E-state index in [9.17, 15) is 9.90 Å². The van der Waals surface area contributed by atoms with Gasteiger partial charge in [-0.05, 0) is 44.6 Å². The molecule has 4 nitrogen and oxygen atoms in total. The van der Waals surface area contributed by atoms with Gasteiger partial charge in [-0.15, -0.1) is 0 Å². The second-order valence-electron chi connectivity index (χ2n) is 5.75. The molecule has 2 fully saturated rings. The van der Waals surface area contributed by atoms with Crippen molar-refractivity contribution in [3.63, 3.8) is 0 Å². The van der Waals surface area contributed by atoms with Crippen molar-refractivity contribution in [3.05, 3.63) is 0 Å². The Kier molecular flexibility index (Phi) is 4.05. The number of carbonyl (C=O) groups is 1. The second-order valence-corrected chi connectivity index (χ2v) is 5.75. The maximum absolute atomic E-state index is 10.8. The van der Waals surface area contributed by atoms with Crippen molar-refractivity contribution in [2.24, 2.45) is 11.8 Å². The molecule has 0 amide bonds. The molecule has 0 unspecified atom stereocenters. The summed E-state index contributed by atoms with van der Waals surface area (Å²) in [5, 5.41) is 22.5. The van der Waals surface area contributed by atoms with Crippen molar-refractivity contribution < 1.29 is 15.0 Å². The molecule has 0 heterocycles. The largest absolute Gasteiger partial charge is 0.481 e. The van der Waals surface area contributed by atoms with E-state index < -0.39 is 11.6 Å². The fraction of sp³-hybridized carbons (Fsp3) is 0.923. The number of aliphatic carboxylic acids is 1. The van der Waals surface area contributed by atoms with Crippen LogP contribution in [0.1, 0.15) is 44.9 Å². The van der Waals surface area contributed by atoms with Crippen molar-refractivity contribution in [1.82, 2.24) is 5.32 Å². The highest BCUT2D eigenvalue weighted by Gasteiger charge is 2.35. The van der Waals surface area contributed by atoms with Gasteiger partial charge in [0.15, 0.2) is 0 Å². The van der Waals surface area contributed by atoms with Crippen LogP contribution in [-0.2, 0) is 4.79 Å². The Bertz CT molecular complexity index is 268. The third-order valence-electron chi connectivity index (χ3n) is 4.15. The van der Waals surface area contributed by atoms with Crippen LogP contribution in [-0.4, -0.2) is 34.9 Å². The first-order valence-corrected chi connectivity index (χ1v) is 6.75. The van der Waals surface area contributed by atoms with Gasteiger partial charge in [-0.25, -0.2) is 0 Å². The van der Waals surface area contributed by atoms with Gasteiger partial charge in [0.1, 0.15) is 0 Å². The van der Waals surface area contributed by atoms with Crippen molar-refractivity contribution >= 4 is 5.97 Å². The van der Waals surface area contributed by atoms with E-state index in [1.165, 1.54) is 19.3 Å². The van der Waals surface area contributed by atoms with Crippen molar-refractivity contribution in [2.45, 2.75) is 50.5 Å². The maximum atomic E-state index is 10.8. The summed E-state index contributed by atoms with van der Waals surface area (Å²) in [5.41, 5.74) is -0.671. The Morgan fingerprint density at radius 3 is 2.41 bits per heavy atom. The monoisotopic (exact) mass is 241 g/mol. The van der Waals surface area contributed by atoms with Gasteiger partial charge in [-0.2, -0.15) is 0 Å². The number of hydrogen-bond acceptors (Lipinski definition) is 3. The van der Waals surface area contributed by atoms with Crippen molar-refractivity contribution in [1.29, 1.82) is 0 Å². The molecule has 17 heavy (non-hydrogen) atoms. The molecule has 2 aliphatic rings. The van der Waals surface area contributed by atoms with Gasteiger partial charge in [-0.3, -0.25) is 4.79 Å². The normalized spacial score (nSPS) is 33.6. The van der Waals surface area contributed by atoms with Gasteiger partial charge in [0, 0.05) is 6.54 Å². The molecule has 0 bridgehead atoms. The average Bonchev–Trinajstić information content (AvgIpc) is 3.09. The number of aliphatic hydroxyl groups is 1. The smallest absolute Gasteiger partial charge is 0.306 e. The molecular formula is C13H23NO3. The van der Waals surface area contributed by atoms with Crippen molar-refractivity contribution in [2.75, 3.05) is 13.1 Å². The lowest BCUT2D eigenvalue weighted by atomic mass is 9.79. The lowest BCUT2D eigenvalue weighted by molar-refractivity contribution is -0.144. The molecule has 0 aromatic rings. The fourth-order valence-electron chi connectivity index (χ4n) is 2.61. The van der Waals surface area contributed by atoms with Gasteiger partial charge in [-0.1, -0.05) is 12.8 Å². The fourth-order valence-corrected chi connectivity index (χ4v) is 2.61. The Hall–Kier alpha value is -0.610. The van der Waals surface area contributed by atoms with E-state index in [2.05, 4.69) is 5.32 Å². The van der Waals surface area contributed by atoms with Gasteiger partial charge < -0.3 is 15.5 Å². The minimum Gasteiger partial charge on any atom is -0.481 e. The first-order chi connectivity index (χ1) is 8.09. The van der Waals surface area contributed by atoms with Crippen LogP contribution in [0.25, 0.3) is 0 Å². The lowest BCUT2D eigenvalue weighted by Crippen LogP contribution is -2.44. The van der Waals surface area contributed by atoms with E-state index in [0.717, 1.165) is 12.5 Å². The average molecular weight is 241 g/mol. The van der Waals surface area contributed by atoms with E-state index >= 15 is 0 Å². The highest BCUT2D eigenvalue weighted by Crippen LogP contribution is 2.33. The molecule has 0 aromatic heterocycles. The zero-order valence-electron chi connectivity index (χ0n) is 10.3. The minimum absolute atomic E-state index is 0.248.